The second-order valence-corrected chi connectivity index (χ2v) is 7.36. The van der Waals surface area contributed by atoms with Crippen molar-refractivity contribution in [3.63, 3.8) is 0 Å². The molecule has 1 heterocycles. The van der Waals surface area contributed by atoms with Crippen molar-refractivity contribution in [3.05, 3.63) is 22.5 Å². The van der Waals surface area contributed by atoms with Crippen molar-refractivity contribution in [2.24, 2.45) is 5.92 Å². The fraction of sp³-hybridized carbons (Fsp3) is 0.632. The lowest BCUT2D eigenvalue weighted by molar-refractivity contribution is -0.125. The number of aromatic nitrogens is 1. The maximum absolute atomic E-state index is 12.7. The van der Waals surface area contributed by atoms with E-state index in [4.69, 9.17) is 0 Å². The predicted octanol–water partition coefficient (Wildman–Crippen LogP) is 1.24. The highest BCUT2D eigenvalue weighted by Crippen LogP contribution is 2.29. The normalized spacial score (nSPS) is 25.0. The Morgan fingerprint density at radius 1 is 1.27 bits per heavy atom. The maximum atomic E-state index is 12.7. The summed E-state index contributed by atoms with van der Waals surface area (Å²) < 4.78 is 0. The van der Waals surface area contributed by atoms with E-state index in [9.17, 15) is 19.5 Å². The molecule has 7 heteroatoms. The number of aliphatic hydroxyl groups excluding tert-OH is 1. The summed E-state index contributed by atoms with van der Waals surface area (Å²) >= 11 is 0. The molecule has 0 radical (unpaired) electrons. The first kappa shape index (κ1) is 18.6. The van der Waals surface area contributed by atoms with E-state index in [2.05, 4.69) is 15.6 Å². The van der Waals surface area contributed by atoms with Gasteiger partial charge in [-0.25, -0.2) is 0 Å². The topological polar surface area (TPSA) is 111 Å². The fourth-order valence-corrected chi connectivity index (χ4v) is 4.02. The molecule has 0 unspecified atom stereocenters. The van der Waals surface area contributed by atoms with Crippen LogP contribution < -0.4 is 10.6 Å². The molecule has 3 atom stereocenters. The number of fused-ring (bicyclic) bond motifs is 1. The van der Waals surface area contributed by atoms with Crippen molar-refractivity contribution in [2.75, 3.05) is 6.54 Å². The molecule has 1 aromatic heterocycles. The lowest BCUT2D eigenvalue weighted by atomic mass is 9.94. The Balaban J connectivity index is 1.67. The Morgan fingerprint density at radius 2 is 2.04 bits per heavy atom. The average Bonchev–Trinajstić information content (AvgIpc) is 3.14. The first-order valence-electron chi connectivity index (χ1n) is 9.43. The number of hydrogen-bond donors (Lipinski definition) is 4. The van der Waals surface area contributed by atoms with Gasteiger partial charge in [0.2, 0.25) is 5.91 Å². The van der Waals surface area contributed by atoms with E-state index in [0.717, 1.165) is 25.0 Å². The van der Waals surface area contributed by atoms with Crippen LogP contribution in [-0.4, -0.2) is 46.4 Å². The van der Waals surface area contributed by atoms with Gasteiger partial charge in [-0.3, -0.25) is 14.4 Å². The zero-order valence-corrected chi connectivity index (χ0v) is 15.4. The number of ketones is 1. The standard InChI is InChI=1S/C19H27N3O4/c1-3-7-20-18(25)11-8-13(15(24)9-11)22-19(26)17-10(2)16-12(21-17)5-4-6-14(16)23/h11,13,15,21,24H,3-9H2,1-2H3,(H,20,25)(H,22,26)/t11-,13+,15+/m0/s1. The van der Waals surface area contributed by atoms with Gasteiger partial charge in [0.1, 0.15) is 5.69 Å². The van der Waals surface area contributed by atoms with E-state index >= 15 is 0 Å². The molecular weight excluding hydrogens is 334 g/mol. The van der Waals surface area contributed by atoms with Crippen molar-refractivity contribution in [1.82, 2.24) is 15.6 Å². The molecule has 1 fully saturated rings. The summed E-state index contributed by atoms with van der Waals surface area (Å²) in [5.74, 6) is -0.614. The second kappa shape index (κ2) is 7.61. The summed E-state index contributed by atoms with van der Waals surface area (Å²) in [6.45, 7) is 4.37. The number of Topliss-reactive ketones (excluding diaryl/α,β-unsaturated/α-hetero) is 1. The number of H-pyrrole nitrogens is 1. The SMILES string of the molecule is CCCNC(=O)[C@@H]1C[C@@H](O)[C@H](NC(=O)c2[nH]c3c(c2C)C(=O)CCC3)C1. The van der Waals surface area contributed by atoms with Crippen molar-refractivity contribution in [1.29, 1.82) is 0 Å². The van der Waals surface area contributed by atoms with Gasteiger partial charge >= 0.3 is 0 Å². The highest BCUT2D eigenvalue weighted by molar-refractivity contribution is 6.04. The molecule has 4 N–H and O–H groups in total. The number of hydrogen-bond acceptors (Lipinski definition) is 4. The second-order valence-electron chi connectivity index (χ2n) is 7.36. The largest absolute Gasteiger partial charge is 0.391 e. The smallest absolute Gasteiger partial charge is 0.268 e. The minimum absolute atomic E-state index is 0.0697. The van der Waals surface area contributed by atoms with Crippen LogP contribution in [0.2, 0.25) is 0 Å². The third kappa shape index (κ3) is 3.53. The minimum Gasteiger partial charge on any atom is -0.391 e. The van der Waals surface area contributed by atoms with Crippen LogP contribution in [0.5, 0.6) is 0 Å². The van der Waals surface area contributed by atoms with Crippen LogP contribution in [0.25, 0.3) is 0 Å². The van der Waals surface area contributed by atoms with Gasteiger partial charge in [-0.2, -0.15) is 0 Å². The lowest BCUT2D eigenvalue weighted by Crippen LogP contribution is -2.40. The Bertz CT molecular complexity index is 725. The number of carbonyl (C=O) groups is 3. The van der Waals surface area contributed by atoms with Gasteiger partial charge in [0.15, 0.2) is 5.78 Å². The summed E-state index contributed by atoms with van der Waals surface area (Å²) in [5.41, 5.74) is 2.53. The molecule has 7 nitrogen and oxygen atoms in total. The third-order valence-electron chi connectivity index (χ3n) is 5.43. The molecule has 0 saturated heterocycles. The van der Waals surface area contributed by atoms with Gasteiger partial charge in [-0.05, 0) is 44.6 Å². The summed E-state index contributed by atoms with van der Waals surface area (Å²) in [5, 5.41) is 15.9. The van der Waals surface area contributed by atoms with E-state index in [1.54, 1.807) is 6.92 Å². The molecular formula is C19H27N3O4. The van der Waals surface area contributed by atoms with Gasteiger partial charge in [-0.1, -0.05) is 6.92 Å². The lowest BCUT2D eigenvalue weighted by Gasteiger charge is -2.16. The quantitative estimate of drug-likeness (QED) is 0.632. The van der Waals surface area contributed by atoms with Crippen LogP contribution in [0.4, 0.5) is 0 Å². The Morgan fingerprint density at radius 3 is 2.73 bits per heavy atom. The molecule has 2 aliphatic carbocycles. The zero-order chi connectivity index (χ0) is 18.8. The predicted molar refractivity (Wildman–Crippen MR) is 96.1 cm³/mol. The van der Waals surface area contributed by atoms with Crippen LogP contribution in [0.3, 0.4) is 0 Å². The van der Waals surface area contributed by atoms with E-state index < -0.39 is 12.1 Å². The summed E-state index contributed by atoms with van der Waals surface area (Å²) in [6, 6.07) is -0.463. The van der Waals surface area contributed by atoms with E-state index in [-0.39, 0.29) is 23.5 Å². The van der Waals surface area contributed by atoms with Crippen LogP contribution in [0.1, 0.15) is 71.1 Å². The molecule has 142 valence electrons. The van der Waals surface area contributed by atoms with E-state index in [0.29, 0.717) is 42.6 Å². The molecule has 1 saturated carbocycles. The summed E-state index contributed by atoms with van der Waals surface area (Å²) in [6.07, 6.45) is 2.95. The highest BCUT2D eigenvalue weighted by Gasteiger charge is 2.38. The number of aryl methyl sites for hydroxylation is 1. The van der Waals surface area contributed by atoms with Gasteiger partial charge in [0, 0.05) is 30.1 Å². The number of rotatable bonds is 5. The molecule has 0 aromatic carbocycles. The van der Waals surface area contributed by atoms with Crippen molar-refractivity contribution in [2.45, 2.75) is 64.5 Å². The molecule has 0 bridgehead atoms. The third-order valence-corrected chi connectivity index (χ3v) is 5.43. The molecule has 26 heavy (non-hydrogen) atoms. The number of aromatic amines is 1. The van der Waals surface area contributed by atoms with Crippen LogP contribution in [-0.2, 0) is 11.2 Å². The van der Waals surface area contributed by atoms with Gasteiger partial charge in [-0.15, -0.1) is 0 Å². The number of aliphatic hydroxyl groups is 1. The van der Waals surface area contributed by atoms with Crippen LogP contribution in [0, 0.1) is 12.8 Å². The molecule has 0 spiro atoms. The first-order valence-corrected chi connectivity index (χ1v) is 9.43. The monoisotopic (exact) mass is 361 g/mol. The molecule has 2 aliphatic rings. The van der Waals surface area contributed by atoms with Gasteiger partial charge in [0.05, 0.1) is 12.1 Å². The molecule has 3 rings (SSSR count). The fourth-order valence-electron chi connectivity index (χ4n) is 4.02. The van der Waals surface area contributed by atoms with Gasteiger partial charge < -0.3 is 20.7 Å². The van der Waals surface area contributed by atoms with Crippen LogP contribution in [0.15, 0.2) is 0 Å². The van der Waals surface area contributed by atoms with Crippen molar-refractivity contribution < 1.29 is 19.5 Å². The first-order chi connectivity index (χ1) is 12.4. The maximum Gasteiger partial charge on any atom is 0.268 e. The molecule has 0 aliphatic heterocycles. The van der Waals surface area contributed by atoms with Crippen molar-refractivity contribution in [3.8, 4) is 0 Å². The summed E-state index contributed by atoms with van der Waals surface area (Å²) in [7, 11) is 0. The van der Waals surface area contributed by atoms with Crippen molar-refractivity contribution >= 4 is 17.6 Å². The minimum atomic E-state index is -0.747. The number of carbonyl (C=O) groups excluding carboxylic acids is 3. The van der Waals surface area contributed by atoms with Gasteiger partial charge in [0.25, 0.3) is 5.91 Å². The molecule has 1 aromatic rings. The molecule has 2 amide bonds. The summed E-state index contributed by atoms with van der Waals surface area (Å²) in [4.78, 5) is 40.0. The number of nitrogens with one attached hydrogen (secondary N) is 3. The Kier molecular flexibility index (Phi) is 5.46. The Labute approximate surface area is 152 Å². The highest BCUT2D eigenvalue weighted by atomic mass is 16.3. The van der Waals surface area contributed by atoms with E-state index in [1.165, 1.54) is 0 Å². The average molecular weight is 361 g/mol. The van der Waals surface area contributed by atoms with Crippen LogP contribution >= 0.6 is 0 Å². The van der Waals surface area contributed by atoms with E-state index in [1.807, 2.05) is 6.92 Å². The Hall–Kier alpha value is -2.15. The zero-order valence-electron chi connectivity index (χ0n) is 15.4. The number of amides is 2.